The van der Waals surface area contributed by atoms with Crippen LogP contribution in [0.5, 0.6) is 0 Å². The predicted octanol–water partition coefficient (Wildman–Crippen LogP) is 1.77. The lowest BCUT2D eigenvalue weighted by molar-refractivity contribution is 0.0515. The monoisotopic (exact) mass is 397 g/mol. The van der Waals surface area contributed by atoms with E-state index in [1.54, 1.807) is 0 Å². The number of carbonyl (C=O) groups is 1. The van der Waals surface area contributed by atoms with E-state index in [0.29, 0.717) is 18.2 Å². The molecule has 29 heavy (non-hydrogen) atoms. The van der Waals surface area contributed by atoms with Gasteiger partial charge in [-0.05, 0) is 31.2 Å². The van der Waals surface area contributed by atoms with E-state index in [9.17, 15) is 4.79 Å². The van der Waals surface area contributed by atoms with Crippen molar-refractivity contribution in [3.63, 3.8) is 0 Å². The fourth-order valence-electron chi connectivity index (χ4n) is 4.33. The molecule has 7 nitrogen and oxygen atoms in total. The Morgan fingerprint density at radius 1 is 1.24 bits per heavy atom. The molecule has 7 heteroatoms. The highest BCUT2D eigenvalue weighted by molar-refractivity contribution is 5.89. The first-order valence-electron chi connectivity index (χ1n) is 10.7. The summed E-state index contributed by atoms with van der Waals surface area (Å²) in [5.74, 6) is 0.306. The van der Waals surface area contributed by atoms with Gasteiger partial charge in [0.25, 0.3) is 0 Å². The number of aromatic nitrogens is 2. The summed E-state index contributed by atoms with van der Waals surface area (Å²) in [7, 11) is 0. The van der Waals surface area contributed by atoms with Crippen LogP contribution in [0.2, 0.25) is 0 Å². The molecule has 0 radical (unpaired) electrons. The largest absolute Gasteiger partial charge is 0.461 e. The van der Waals surface area contributed by atoms with Gasteiger partial charge in [0.1, 0.15) is 0 Å². The Balaban J connectivity index is 1.47. The van der Waals surface area contributed by atoms with Crippen molar-refractivity contribution in [2.75, 3.05) is 32.8 Å². The Morgan fingerprint density at radius 2 is 2.03 bits per heavy atom. The first-order valence-corrected chi connectivity index (χ1v) is 10.7. The summed E-state index contributed by atoms with van der Waals surface area (Å²) in [6, 6.07) is 10.5. The maximum absolute atomic E-state index is 12.5. The normalized spacial score (nSPS) is 17.4. The van der Waals surface area contributed by atoms with Gasteiger partial charge in [0.15, 0.2) is 5.69 Å². The maximum Gasteiger partial charge on any atom is 0.359 e. The number of rotatable bonds is 8. The van der Waals surface area contributed by atoms with Crippen LogP contribution >= 0.6 is 0 Å². The first-order chi connectivity index (χ1) is 14.2. The molecule has 0 atom stereocenters. The smallest absolute Gasteiger partial charge is 0.359 e. The molecule has 1 fully saturated rings. The van der Waals surface area contributed by atoms with Gasteiger partial charge in [0.2, 0.25) is 0 Å². The number of carbonyl (C=O) groups excluding carboxylic acids is 1. The fraction of sp³-hybridized carbons (Fsp3) is 0.545. The lowest BCUT2D eigenvalue weighted by Gasteiger charge is -2.29. The molecule has 0 amide bonds. The molecule has 1 saturated heterocycles. The highest BCUT2D eigenvalue weighted by Crippen LogP contribution is 2.25. The number of aryl methyl sites for hydroxylation is 2. The Kier molecular flexibility index (Phi) is 6.59. The zero-order valence-electron chi connectivity index (χ0n) is 17.2. The van der Waals surface area contributed by atoms with Crippen molar-refractivity contribution in [2.45, 2.75) is 39.3 Å². The molecule has 0 spiro atoms. The van der Waals surface area contributed by atoms with Gasteiger partial charge in [0, 0.05) is 56.9 Å². The quantitative estimate of drug-likeness (QED) is 0.662. The van der Waals surface area contributed by atoms with Crippen LogP contribution in [0.25, 0.3) is 0 Å². The van der Waals surface area contributed by atoms with E-state index in [1.807, 2.05) is 13.0 Å². The van der Waals surface area contributed by atoms with Crippen LogP contribution < -0.4 is 10.9 Å². The van der Waals surface area contributed by atoms with Crippen LogP contribution in [0, 0.1) is 5.92 Å². The molecular formula is C22H31N5O2. The predicted molar refractivity (Wildman–Crippen MR) is 111 cm³/mol. The highest BCUT2D eigenvalue weighted by atomic mass is 16.5. The second-order valence-corrected chi connectivity index (χ2v) is 7.92. The Morgan fingerprint density at radius 3 is 2.79 bits per heavy atom. The van der Waals surface area contributed by atoms with Gasteiger partial charge in [-0.25, -0.2) is 4.79 Å². The van der Waals surface area contributed by atoms with E-state index < -0.39 is 0 Å². The number of fused-ring (bicyclic) bond motifs is 1. The Labute approximate surface area is 172 Å². The number of hydrogen-bond donors (Lipinski definition) is 2. The molecule has 1 aromatic heterocycles. The summed E-state index contributed by atoms with van der Waals surface area (Å²) in [4.78, 5) is 15.0. The van der Waals surface area contributed by atoms with E-state index >= 15 is 0 Å². The molecule has 156 valence electrons. The summed E-state index contributed by atoms with van der Waals surface area (Å²) in [5, 5.41) is 4.70. The molecule has 3 heterocycles. The molecule has 2 aliphatic heterocycles. The van der Waals surface area contributed by atoms with Gasteiger partial charge in [0.05, 0.1) is 6.61 Å². The summed E-state index contributed by atoms with van der Waals surface area (Å²) in [5.41, 5.74) is 10.5. The summed E-state index contributed by atoms with van der Waals surface area (Å²) >= 11 is 0. The zero-order valence-corrected chi connectivity index (χ0v) is 17.2. The van der Waals surface area contributed by atoms with Gasteiger partial charge in [-0.1, -0.05) is 30.3 Å². The number of benzene rings is 1. The Bertz CT molecular complexity index is 814. The average Bonchev–Trinajstić information content (AvgIpc) is 3.37. The SMILES string of the molecule is CCOC(=O)c1nn(CCCc2ccccc2)c2c1CN(CC1CNNC1)CC2. The first kappa shape index (κ1) is 20.1. The molecule has 0 aliphatic carbocycles. The van der Waals surface area contributed by atoms with Gasteiger partial charge < -0.3 is 4.74 Å². The zero-order chi connectivity index (χ0) is 20.1. The Hall–Kier alpha value is -2.22. The number of nitrogens with one attached hydrogen (secondary N) is 2. The molecule has 1 aromatic carbocycles. The lowest BCUT2D eigenvalue weighted by atomic mass is 10.0. The number of esters is 1. The maximum atomic E-state index is 12.5. The van der Waals surface area contributed by atoms with Crippen molar-refractivity contribution < 1.29 is 9.53 Å². The summed E-state index contributed by atoms with van der Waals surface area (Å²) < 4.78 is 7.35. The minimum atomic E-state index is -0.295. The minimum Gasteiger partial charge on any atom is -0.461 e. The van der Waals surface area contributed by atoms with E-state index in [0.717, 1.165) is 64.1 Å². The molecule has 0 bridgehead atoms. The van der Waals surface area contributed by atoms with E-state index in [4.69, 9.17) is 9.84 Å². The topological polar surface area (TPSA) is 71.4 Å². The van der Waals surface area contributed by atoms with Gasteiger partial charge in [-0.3, -0.25) is 20.4 Å². The summed E-state index contributed by atoms with van der Waals surface area (Å²) in [6.07, 6.45) is 2.95. The van der Waals surface area contributed by atoms with Gasteiger partial charge in [-0.15, -0.1) is 0 Å². The minimum absolute atomic E-state index is 0.295. The van der Waals surface area contributed by atoms with E-state index in [2.05, 4.69) is 44.7 Å². The van der Waals surface area contributed by atoms with Gasteiger partial charge in [-0.2, -0.15) is 5.10 Å². The van der Waals surface area contributed by atoms with Crippen LogP contribution in [-0.4, -0.2) is 53.4 Å². The molecule has 0 saturated carbocycles. The third-order valence-electron chi connectivity index (χ3n) is 5.78. The van der Waals surface area contributed by atoms with Crippen molar-refractivity contribution in [3.05, 3.63) is 52.8 Å². The molecule has 2 aromatic rings. The van der Waals surface area contributed by atoms with Crippen molar-refractivity contribution >= 4 is 5.97 Å². The molecule has 4 rings (SSSR count). The van der Waals surface area contributed by atoms with Crippen molar-refractivity contribution in [1.82, 2.24) is 25.5 Å². The van der Waals surface area contributed by atoms with Crippen LogP contribution in [0.4, 0.5) is 0 Å². The lowest BCUT2D eigenvalue weighted by Crippen LogP contribution is -2.36. The number of hydrogen-bond acceptors (Lipinski definition) is 6. The molecule has 2 N–H and O–H groups in total. The van der Waals surface area contributed by atoms with Crippen molar-refractivity contribution in [2.24, 2.45) is 5.92 Å². The summed E-state index contributed by atoms with van der Waals surface area (Å²) in [6.45, 7) is 7.84. The highest BCUT2D eigenvalue weighted by Gasteiger charge is 2.30. The van der Waals surface area contributed by atoms with Crippen LogP contribution in [0.1, 0.15) is 40.7 Å². The third-order valence-corrected chi connectivity index (χ3v) is 5.78. The second kappa shape index (κ2) is 9.52. The van der Waals surface area contributed by atoms with Gasteiger partial charge >= 0.3 is 5.97 Å². The van der Waals surface area contributed by atoms with Crippen LogP contribution in [0.15, 0.2) is 30.3 Å². The number of ether oxygens (including phenoxy) is 1. The van der Waals surface area contributed by atoms with Crippen LogP contribution in [-0.2, 0) is 30.7 Å². The van der Waals surface area contributed by atoms with Crippen molar-refractivity contribution in [3.8, 4) is 0 Å². The van der Waals surface area contributed by atoms with E-state index in [1.165, 1.54) is 11.3 Å². The number of nitrogens with zero attached hydrogens (tertiary/aromatic N) is 3. The number of hydrazine groups is 1. The van der Waals surface area contributed by atoms with E-state index in [-0.39, 0.29) is 5.97 Å². The standard InChI is InChI=1S/C22H31N5O2/c1-2-29-22(28)21-19-16-26(15-18-13-23-24-14-18)12-10-20(19)27(25-21)11-6-9-17-7-4-3-5-8-17/h3-5,7-8,18,23-24H,2,6,9-16H2,1H3. The molecule has 2 aliphatic rings. The second-order valence-electron chi connectivity index (χ2n) is 7.92. The fourth-order valence-corrected chi connectivity index (χ4v) is 4.33. The molecule has 0 unspecified atom stereocenters. The average molecular weight is 398 g/mol. The molecular weight excluding hydrogens is 366 g/mol. The van der Waals surface area contributed by atoms with Crippen LogP contribution in [0.3, 0.4) is 0 Å². The van der Waals surface area contributed by atoms with Crippen molar-refractivity contribution in [1.29, 1.82) is 0 Å². The third kappa shape index (κ3) is 4.86.